The van der Waals surface area contributed by atoms with Gasteiger partial charge in [0.1, 0.15) is 11.8 Å². The summed E-state index contributed by atoms with van der Waals surface area (Å²) in [5.41, 5.74) is 0.00222. The van der Waals surface area contributed by atoms with E-state index in [9.17, 15) is 13.6 Å². The van der Waals surface area contributed by atoms with Gasteiger partial charge in [0, 0.05) is 7.05 Å². The van der Waals surface area contributed by atoms with Crippen LogP contribution >= 0.6 is 0 Å². The van der Waals surface area contributed by atoms with Gasteiger partial charge in [-0.3, -0.25) is 4.79 Å². The van der Waals surface area contributed by atoms with E-state index in [0.29, 0.717) is 0 Å². The van der Waals surface area contributed by atoms with Crippen molar-refractivity contribution in [1.82, 2.24) is 4.90 Å². The molecular weight excluding hydrogens is 242 g/mol. The minimum Gasteiger partial charge on any atom is -0.434 e. The van der Waals surface area contributed by atoms with E-state index >= 15 is 0 Å². The highest BCUT2D eigenvalue weighted by atomic mass is 19.3. The molecule has 0 fully saturated rings. The van der Waals surface area contributed by atoms with Gasteiger partial charge in [0.2, 0.25) is 0 Å². The summed E-state index contributed by atoms with van der Waals surface area (Å²) in [4.78, 5) is 13.2. The lowest BCUT2D eigenvalue weighted by molar-refractivity contribution is -0.0502. The summed E-state index contributed by atoms with van der Waals surface area (Å²) in [6, 6.07) is 6.92. The predicted molar refractivity (Wildman–Crippen MR) is 60.2 cm³/mol. The molecule has 0 aromatic heterocycles. The molecule has 1 atom stereocenters. The van der Waals surface area contributed by atoms with Crippen molar-refractivity contribution in [2.75, 3.05) is 7.05 Å². The van der Waals surface area contributed by atoms with E-state index in [2.05, 4.69) is 4.74 Å². The first-order chi connectivity index (χ1) is 8.47. The van der Waals surface area contributed by atoms with E-state index in [1.807, 2.05) is 6.07 Å². The molecule has 6 heteroatoms. The topological polar surface area (TPSA) is 53.3 Å². The largest absolute Gasteiger partial charge is 0.434 e. The number of benzene rings is 1. The lowest BCUT2D eigenvalue weighted by Gasteiger charge is -2.20. The molecule has 0 aliphatic carbocycles. The Balaban J connectivity index is 3.02. The average Bonchev–Trinajstić information content (AvgIpc) is 2.36. The number of para-hydroxylation sites is 1. The van der Waals surface area contributed by atoms with Gasteiger partial charge >= 0.3 is 6.61 Å². The summed E-state index contributed by atoms with van der Waals surface area (Å²) in [5.74, 6) is -0.741. The summed E-state index contributed by atoms with van der Waals surface area (Å²) >= 11 is 0. The zero-order chi connectivity index (χ0) is 13.7. The first-order valence-corrected chi connectivity index (χ1v) is 5.18. The third-order valence-electron chi connectivity index (χ3n) is 2.42. The minimum atomic E-state index is -3.00. The molecule has 0 radical (unpaired) electrons. The maximum Gasteiger partial charge on any atom is 0.387 e. The highest BCUT2D eigenvalue weighted by Crippen LogP contribution is 2.22. The van der Waals surface area contributed by atoms with Gasteiger partial charge in [-0.05, 0) is 19.1 Å². The molecule has 0 aliphatic rings. The van der Waals surface area contributed by atoms with Crippen molar-refractivity contribution >= 4 is 5.91 Å². The van der Waals surface area contributed by atoms with Crippen molar-refractivity contribution in [1.29, 1.82) is 5.26 Å². The van der Waals surface area contributed by atoms with Crippen LogP contribution in [0.15, 0.2) is 24.3 Å². The second-order valence-corrected chi connectivity index (χ2v) is 3.60. The quantitative estimate of drug-likeness (QED) is 0.828. The molecule has 0 bridgehead atoms. The number of halogens is 2. The monoisotopic (exact) mass is 254 g/mol. The molecule has 18 heavy (non-hydrogen) atoms. The summed E-state index contributed by atoms with van der Waals surface area (Å²) in [6.07, 6.45) is 0. The van der Waals surface area contributed by atoms with Crippen molar-refractivity contribution in [3.8, 4) is 11.8 Å². The van der Waals surface area contributed by atoms with Gasteiger partial charge < -0.3 is 9.64 Å². The van der Waals surface area contributed by atoms with Crippen molar-refractivity contribution in [2.45, 2.75) is 19.6 Å². The number of ether oxygens (including phenoxy) is 1. The van der Waals surface area contributed by atoms with Crippen LogP contribution in [0, 0.1) is 11.3 Å². The molecule has 0 saturated heterocycles. The van der Waals surface area contributed by atoms with Gasteiger partial charge in [-0.1, -0.05) is 12.1 Å². The molecule has 0 heterocycles. The smallest absolute Gasteiger partial charge is 0.387 e. The van der Waals surface area contributed by atoms with E-state index in [1.165, 1.54) is 38.2 Å². The molecule has 1 unspecified atom stereocenters. The van der Waals surface area contributed by atoms with Gasteiger partial charge in [-0.25, -0.2) is 0 Å². The predicted octanol–water partition coefficient (Wildman–Crippen LogP) is 2.27. The molecule has 96 valence electrons. The molecule has 0 N–H and O–H groups in total. The van der Waals surface area contributed by atoms with E-state index in [0.717, 1.165) is 4.90 Å². The van der Waals surface area contributed by atoms with E-state index < -0.39 is 18.6 Å². The Morgan fingerprint density at radius 2 is 2.06 bits per heavy atom. The zero-order valence-electron chi connectivity index (χ0n) is 9.93. The molecule has 0 saturated carbocycles. The lowest BCUT2D eigenvalue weighted by atomic mass is 10.1. The average molecular weight is 254 g/mol. The van der Waals surface area contributed by atoms with Crippen molar-refractivity contribution in [3.05, 3.63) is 29.8 Å². The van der Waals surface area contributed by atoms with Gasteiger partial charge in [0.25, 0.3) is 5.91 Å². The van der Waals surface area contributed by atoms with Gasteiger partial charge in [0.15, 0.2) is 0 Å². The number of hydrogen-bond acceptors (Lipinski definition) is 3. The van der Waals surface area contributed by atoms with Crippen molar-refractivity contribution < 1.29 is 18.3 Å². The molecule has 4 nitrogen and oxygen atoms in total. The molecule has 1 aromatic rings. The molecule has 1 aromatic carbocycles. The second-order valence-electron chi connectivity index (χ2n) is 3.60. The van der Waals surface area contributed by atoms with Crippen LogP contribution in [0.2, 0.25) is 0 Å². The van der Waals surface area contributed by atoms with E-state index in [4.69, 9.17) is 5.26 Å². The summed E-state index contributed by atoms with van der Waals surface area (Å²) in [5, 5.41) is 8.72. The van der Waals surface area contributed by atoms with Crippen LogP contribution in [-0.2, 0) is 0 Å². The summed E-state index contributed by atoms with van der Waals surface area (Å²) in [6.45, 7) is -1.47. The summed E-state index contributed by atoms with van der Waals surface area (Å²) in [7, 11) is 1.43. The molecule has 0 aliphatic heterocycles. The van der Waals surface area contributed by atoms with Gasteiger partial charge in [-0.15, -0.1) is 0 Å². The SMILES string of the molecule is CC(C#N)N(C)C(=O)c1ccccc1OC(F)F. The number of hydrogen-bond donors (Lipinski definition) is 0. The van der Waals surface area contributed by atoms with Crippen LogP contribution in [0.3, 0.4) is 0 Å². The van der Waals surface area contributed by atoms with E-state index in [1.54, 1.807) is 0 Å². The minimum absolute atomic E-state index is 0.00222. The molecular formula is C12H12F2N2O2. The molecule has 1 amide bonds. The van der Waals surface area contributed by atoms with Crippen molar-refractivity contribution in [2.24, 2.45) is 0 Å². The first kappa shape index (κ1) is 13.9. The fourth-order valence-electron chi connectivity index (χ4n) is 1.29. The number of carbonyl (C=O) groups excluding carboxylic acids is 1. The van der Waals surface area contributed by atoms with Gasteiger partial charge in [0.05, 0.1) is 11.6 Å². The fraction of sp³-hybridized carbons (Fsp3) is 0.333. The van der Waals surface area contributed by atoms with Crippen LogP contribution in [0.1, 0.15) is 17.3 Å². The Morgan fingerprint density at radius 1 is 1.44 bits per heavy atom. The number of alkyl halides is 2. The highest BCUT2D eigenvalue weighted by Gasteiger charge is 2.21. The Bertz CT molecular complexity index is 471. The zero-order valence-corrected chi connectivity index (χ0v) is 9.93. The Hall–Kier alpha value is -2.16. The molecule has 1 rings (SSSR count). The lowest BCUT2D eigenvalue weighted by Crippen LogP contribution is -2.34. The first-order valence-electron chi connectivity index (χ1n) is 5.18. The third kappa shape index (κ3) is 3.17. The van der Waals surface area contributed by atoms with E-state index in [-0.39, 0.29) is 11.3 Å². The van der Waals surface area contributed by atoms with Crippen molar-refractivity contribution in [3.63, 3.8) is 0 Å². The van der Waals surface area contributed by atoms with Crippen LogP contribution < -0.4 is 4.74 Å². The number of rotatable bonds is 4. The number of carbonyl (C=O) groups is 1. The fourth-order valence-corrected chi connectivity index (χ4v) is 1.29. The maximum atomic E-state index is 12.2. The van der Waals surface area contributed by atoms with Crippen LogP contribution in [-0.4, -0.2) is 30.5 Å². The Labute approximate surface area is 103 Å². The third-order valence-corrected chi connectivity index (χ3v) is 2.42. The van der Waals surface area contributed by atoms with Crippen LogP contribution in [0.25, 0.3) is 0 Å². The van der Waals surface area contributed by atoms with Crippen LogP contribution in [0.5, 0.6) is 5.75 Å². The van der Waals surface area contributed by atoms with Gasteiger partial charge in [-0.2, -0.15) is 14.0 Å². The number of amides is 1. The molecule has 0 spiro atoms. The Morgan fingerprint density at radius 3 is 2.61 bits per heavy atom. The second kappa shape index (κ2) is 5.96. The summed E-state index contributed by atoms with van der Waals surface area (Å²) < 4.78 is 28.6. The highest BCUT2D eigenvalue weighted by molar-refractivity contribution is 5.97. The maximum absolute atomic E-state index is 12.2. The van der Waals surface area contributed by atoms with Crippen LogP contribution in [0.4, 0.5) is 8.78 Å². The standard InChI is InChI=1S/C12H12F2N2O2/c1-8(7-15)16(2)11(17)9-5-3-4-6-10(9)18-12(13)14/h3-6,8,12H,1-2H3. The number of nitrogens with zero attached hydrogens (tertiary/aromatic N) is 2. The Kier molecular flexibility index (Phi) is 4.60. The number of nitriles is 1. The normalized spacial score (nSPS) is 11.8.